The first kappa shape index (κ1) is 14.3. The number of carbonyl (C=O) groups excluding carboxylic acids is 1. The standard InChI is InChI=1S/C10H18O4S/c1-4-8(10(13)14-5-2)15-6-7(3)9(11)12/h7-8H,4-6H2,1-3H3,(H,11,12). The molecule has 0 saturated carbocycles. The minimum Gasteiger partial charge on any atom is -0.481 e. The molecule has 2 atom stereocenters. The van der Waals surface area contributed by atoms with Crippen molar-refractivity contribution in [2.75, 3.05) is 12.4 Å². The van der Waals surface area contributed by atoms with Gasteiger partial charge in [-0.2, -0.15) is 0 Å². The molecule has 0 aliphatic heterocycles. The number of thioether (sulfide) groups is 1. The molecular formula is C10H18O4S. The van der Waals surface area contributed by atoms with Gasteiger partial charge in [0.25, 0.3) is 0 Å². The van der Waals surface area contributed by atoms with Crippen LogP contribution in [0.1, 0.15) is 27.2 Å². The van der Waals surface area contributed by atoms with Gasteiger partial charge in [-0.05, 0) is 13.3 Å². The first-order valence-electron chi connectivity index (χ1n) is 5.03. The Balaban J connectivity index is 3.99. The highest BCUT2D eigenvalue weighted by atomic mass is 32.2. The Hall–Kier alpha value is -0.710. The Morgan fingerprint density at radius 2 is 2.00 bits per heavy atom. The Morgan fingerprint density at radius 1 is 1.40 bits per heavy atom. The van der Waals surface area contributed by atoms with Crippen LogP contribution in [0.2, 0.25) is 0 Å². The van der Waals surface area contributed by atoms with E-state index in [2.05, 4.69) is 0 Å². The quantitative estimate of drug-likeness (QED) is 0.680. The molecule has 0 radical (unpaired) electrons. The van der Waals surface area contributed by atoms with Gasteiger partial charge in [0.2, 0.25) is 0 Å². The molecule has 0 aromatic carbocycles. The predicted octanol–water partition coefficient (Wildman–Crippen LogP) is 1.78. The molecule has 2 unspecified atom stereocenters. The van der Waals surface area contributed by atoms with E-state index in [1.165, 1.54) is 11.8 Å². The van der Waals surface area contributed by atoms with Gasteiger partial charge in [0.15, 0.2) is 0 Å². The van der Waals surface area contributed by atoms with E-state index in [4.69, 9.17) is 9.84 Å². The van der Waals surface area contributed by atoms with Crippen LogP contribution >= 0.6 is 11.8 Å². The Kier molecular flexibility index (Phi) is 7.21. The molecule has 0 amide bonds. The summed E-state index contributed by atoms with van der Waals surface area (Å²) < 4.78 is 4.88. The molecule has 0 heterocycles. The lowest BCUT2D eigenvalue weighted by Crippen LogP contribution is -2.22. The van der Waals surface area contributed by atoms with Crippen molar-refractivity contribution in [1.82, 2.24) is 0 Å². The fraction of sp³-hybridized carbons (Fsp3) is 0.800. The molecule has 0 aliphatic rings. The van der Waals surface area contributed by atoms with Gasteiger partial charge in [-0.1, -0.05) is 13.8 Å². The lowest BCUT2D eigenvalue weighted by molar-refractivity contribution is -0.143. The third-order valence-corrected chi connectivity index (χ3v) is 3.51. The summed E-state index contributed by atoms with van der Waals surface area (Å²) in [5, 5.41) is 8.44. The van der Waals surface area contributed by atoms with Crippen molar-refractivity contribution >= 4 is 23.7 Å². The molecule has 0 aliphatic carbocycles. The molecule has 0 aromatic rings. The van der Waals surface area contributed by atoms with Crippen LogP contribution in [0.15, 0.2) is 0 Å². The van der Waals surface area contributed by atoms with Crippen LogP contribution in [-0.4, -0.2) is 34.7 Å². The van der Waals surface area contributed by atoms with Crippen molar-refractivity contribution in [3.63, 3.8) is 0 Å². The van der Waals surface area contributed by atoms with Crippen LogP contribution in [-0.2, 0) is 14.3 Å². The third-order valence-electron chi connectivity index (χ3n) is 1.89. The zero-order chi connectivity index (χ0) is 11.8. The molecular weight excluding hydrogens is 216 g/mol. The molecule has 5 heteroatoms. The maximum Gasteiger partial charge on any atom is 0.319 e. The number of rotatable bonds is 7. The van der Waals surface area contributed by atoms with Crippen molar-refractivity contribution < 1.29 is 19.4 Å². The van der Waals surface area contributed by atoms with Crippen LogP contribution < -0.4 is 0 Å². The van der Waals surface area contributed by atoms with Crippen LogP contribution in [0.3, 0.4) is 0 Å². The fourth-order valence-corrected chi connectivity index (χ4v) is 2.02. The SMILES string of the molecule is CCOC(=O)C(CC)SCC(C)C(=O)O. The summed E-state index contributed by atoms with van der Waals surface area (Å²) >= 11 is 1.35. The number of ether oxygens (including phenoxy) is 1. The molecule has 0 bridgehead atoms. The lowest BCUT2D eigenvalue weighted by Gasteiger charge is -2.14. The maximum absolute atomic E-state index is 11.4. The Labute approximate surface area is 94.4 Å². The van der Waals surface area contributed by atoms with Crippen LogP contribution in [0.5, 0.6) is 0 Å². The van der Waals surface area contributed by atoms with Gasteiger partial charge in [-0.15, -0.1) is 11.8 Å². The van der Waals surface area contributed by atoms with Gasteiger partial charge in [-0.3, -0.25) is 9.59 Å². The summed E-state index contributed by atoms with van der Waals surface area (Å²) in [6.45, 7) is 5.65. The van der Waals surface area contributed by atoms with E-state index in [9.17, 15) is 9.59 Å². The average Bonchev–Trinajstić information content (AvgIpc) is 2.18. The molecule has 15 heavy (non-hydrogen) atoms. The number of hydrogen-bond donors (Lipinski definition) is 1. The molecule has 0 rings (SSSR count). The number of carboxylic acid groups (broad SMARTS) is 1. The average molecular weight is 234 g/mol. The highest BCUT2D eigenvalue weighted by Crippen LogP contribution is 2.19. The molecule has 0 fully saturated rings. The van der Waals surface area contributed by atoms with Gasteiger partial charge in [0, 0.05) is 5.75 Å². The minimum absolute atomic E-state index is 0.244. The van der Waals surface area contributed by atoms with E-state index < -0.39 is 11.9 Å². The lowest BCUT2D eigenvalue weighted by atomic mass is 10.2. The van der Waals surface area contributed by atoms with E-state index in [0.717, 1.165) is 0 Å². The summed E-state index contributed by atoms with van der Waals surface area (Å²) in [5.41, 5.74) is 0. The van der Waals surface area contributed by atoms with E-state index in [-0.39, 0.29) is 11.2 Å². The van der Waals surface area contributed by atoms with E-state index in [1.807, 2.05) is 6.92 Å². The van der Waals surface area contributed by atoms with Gasteiger partial charge < -0.3 is 9.84 Å². The van der Waals surface area contributed by atoms with Crippen LogP contribution in [0, 0.1) is 5.92 Å². The van der Waals surface area contributed by atoms with Crippen molar-refractivity contribution in [3.8, 4) is 0 Å². The van der Waals surface area contributed by atoms with Gasteiger partial charge in [-0.25, -0.2) is 0 Å². The fourth-order valence-electron chi connectivity index (χ4n) is 0.920. The van der Waals surface area contributed by atoms with Crippen molar-refractivity contribution in [1.29, 1.82) is 0 Å². The number of hydrogen-bond acceptors (Lipinski definition) is 4. The molecule has 4 nitrogen and oxygen atoms in total. The third kappa shape index (κ3) is 5.67. The Morgan fingerprint density at radius 3 is 2.40 bits per heavy atom. The van der Waals surface area contributed by atoms with Gasteiger partial charge >= 0.3 is 11.9 Å². The van der Waals surface area contributed by atoms with E-state index >= 15 is 0 Å². The summed E-state index contributed by atoms with van der Waals surface area (Å²) in [5.74, 6) is -1.07. The molecule has 88 valence electrons. The van der Waals surface area contributed by atoms with Crippen molar-refractivity contribution in [3.05, 3.63) is 0 Å². The van der Waals surface area contributed by atoms with Crippen LogP contribution in [0.25, 0.3) is 0 Å². The second kappa shape index (κ2) is 7.56. The summed E-state index contributed by atoms with van der Waals surface area (Å²) in [7, 11) is 0. The van der Waals surface area contributed by atoms with Crippen molar-refractivity contribution in [2.45, 2.75) is 32.4 Å². The first-order valence-corrected chi connectivity index (χ1v) is 6.08. The second-order valence-corrected chi connectivity index (χ2v) is 4.46. The summed E-state index contributed by atoms with van der Waals surface area (Å²) in [4.78, 5) is 21.9. The van der Waals surface area contributed by atoms with E-state index in [0.29, 0.717) is 18.8 Å². The number of carboxylic acids is 1. The van der Waals surface area contributed by atoms with E-state index in [1.54, 1.807) is 13.8 Å². The normalized spacial score (nSPS) is 14.3. The zero-order valence-electron chi connectivity index (χ0n) is 9.36. The topological polar surface area (TPSA) is 63.6 Å². The molecule has 0 spiro atoms. The molecule has 1 N–H and O–H groups in total. The summed E-state index contributed by atoms with van der Waals surface area (Å²) in [6.07, 6.45) is 0.663. The largest absolute Gasteiger partial charge is 0.481 e. The highest BCUT2D eigenvalue weighted by molar-refractivity contribution is 8.00. The zero-order valence-corrected chi connectivity index (χ0v) is 10.2. The molecule has 0 saturated heterocycles. The maximum atomic E-state index is 11.4. The van der Waals surface area contributed by atoms with Gasteiger partial charge in [0.1, 0.15) is 5.25 Å². The highest BCUT2D eigenvalue weighted by Gasteiger charge is 2.20. The first-order chi connectivity index (χ1) is 7.02. The monoisotopic (exact) mass is 234 g/mol. The minimum atomic E-state index is -0.832. The number of aliphatic carboxylic acids is 1. The number of carbonyl (C=O) groups is 2. The van der Waals surface area contributed by atoms with Crippen LogP contribution in [0.4, 0.5) is 0 Å². The Bertz CT molecular complexity index is 217. The second-order valence-electron chi connectivity index (χ2n) is 3.22. The smallest absolute Gasteiger partial charge is 0.319 e. The predicted molar refractivity (Wildman–Crippen MR) is 60.0 cm³/mol. The van der Waals surface area contributed by atoms with Gasteiger partial charge in [0.05, 0.1) is 12.5 Å². The van der Waals surface area contributed by atoms with Crippen molar-refractivity contribution in [2.24, 2.45) is 5.92 Å². The number of esters is 1. The molecule has 0 aromatic heterocycles. The summed E-state index contributed by atoms with van der Waals surface area (Å²) in [6, 6.07) is 0.